The van der Waals surface area contributed by atoms with Gasteiger partial charge in [0.05, 0.1) is 5.56 Å². The van der Waals surface area contributed by atoms with Crippen LogP contribution in [0.2, 0.25) is 0 Å². The van der Waals surface area contributed by atoms with Crippen molar-refractivity contribution in [2.45, 2.75) is 13.8 Å². The van der Waals surface area contributed by atoms with Gasteiger partial charge in [-0.2, -0.15) is 0 Å². The number of amides is 1. The number of carbonyl (C=O) groups excluding carboxylic acids is 1. The average Bonchev–Trinajstić information content (AvgIpc) is 2.25. The molecule has 0 aliphatic carbocycles. The molecule has 0 saturated carbocycles. The Morgan fingerprint density at radius 1 is 1.25 bits per heavy atom. The highest BCUT2D eigenvalue weighted by Crippen LogP contribution is 2.15. The smallest absolute Gasteiger partial charge is 0.253 e. The first-order valence-corrected chi connectivity index (χ1v) is 6.09. The van der Waals surface area contributed by atoms with Gasteiger partial charge < -0.3 is 16.0 Å². The van der Waals surface area contributed by atoms with Crippen LogP contribution in [0.15, 0.2) is 24.3 Å². The first-order chi connectivity index (χ1) is 8.32. The molecule has 4 nitrogen and oxygen atoms in total. The van der Waals surface area contributed by atoms with Crippen LogP contribution in [0.4, 0.5) is 5.69 Å². The zero-order valence-corrected chi connectivity index (χ0v) is 14.1. The molecule has 1 amide bonds. The number of nitrogen functional groups attached to an aromatic ring is 1. The largest absolute Gasteiger partial charge is 0.398 e. The lowest BCUT2D eigenvalue weighted by atomic mass is 9.93. The first kappa shape index (κ1) is 21.3. The van der Waals surface area contributed by atoms with Crippen LogP contribution < -0.4 is 11.1 Å². The fraction of sp³-hybridized carbons (Fsp3) is 0.500. The molecule has 1 aromatic rings. The van der Waals surface area contributed by atoms with Gasteiger partial charge in [-0.15, -0.1) is 24.8 Å². The Morgan fingerprint density at radius 3 is 2.30 bits per heavy atom. The summed E-state index contributed by atoms with van der Waals surface area (Å²) >= 11 is 0. The monoisotopic (exact) mass is 321 g/mol. The quantitative estimate of drug-likeness (QED) is 0.819. The molecule has 6 heteroatoms. The van der Waals surface area contributed by atoms with E-state index in [1.807, 2.05) is 26.2 Å². The molecule has 0 fully saturated rings. The van der Waals surface area contributed by atoms with Crippen molar-refractivity contribution in [1.29, 1.82) is 0 Å². The van der Waals surface area contributed by atoms with Crippen LogP contribution in [0, 0.1) is 5.41 Å². The Morgan fingerprint density at radius 2 is 1.80 bits per heavy atom. The van der Waals surface area contributed by atoms with Crippen molar-refractivity contribution >= 4 is 36.4 Å². The Labute approximate surface area is 133 Å². The molecule has 1 rings (SSSR count). The normalized spacial score (nSPS) is 10.4. The molecular weight excluding hydrogens is 297 g/mol. The van der Waals surface area contributed by atoms with Crippen LogP contribution in [0.25, 0.3) is 0 Å². The van der Waals surface area contributed by atoms with Crippen molar-refractivity contribution in [3.8, 4) is 0 Å². The number of nitrogens with one attached hydrogen (secondary N) is 1. The van der Waals surface area contributed by atoms with Crippen LogP contribution in [0.3, 0.4) is 0 Å². The minimum Gasteiger partial charge on any atom is -0.398 e. The molecule has 0 aliphatic heterocycles. The number of para-hydroxylation sites is 1. The molecule has 0 radical (unpaired) electrons. The molecular formula is C14H25Cl2N3O. The van der Waals surface area contributed by atoms with E-state index in [1.165, 1.54) is 0 Å². The number of hydrogen-bond donors (Lipinski definition) is 2. The number of nitrogens with two attached hydrogens (primary N) is 1. The van der Waals surface area contributed by atoms with Crippen LogP contribution >= 0.6 is 24.8 Å². The van der Waals surface area contributed by atoms with Crippen molar-refractivity contribution in [2.75, 3.05) is 32.9 Å². The van der Waals surface area contributed by atoms with Gasteiger partial charge in [0.1, 0.15) is 0 Å². The van der Waals surface area contributed by atoms with Crippen LogP contribution in [0.5, 0.6) is 0 Å². The van der Waals surface area contributed by atoms with Gasteiger partial charge in [-0.1, -0.05) is 26.0 Å². The zero-order valence-electron chi connectivity index (χ0n) is 12.5. The number of carbonyl (C=O) groups is 1. The molecule has 20 heavy (non-hydrogen) atoms. The molecule has 0 heterocycles. The minimum absolute atomic E-state index is 0. The van der Waals surface area contributed by atoms with Crippen molar-refractivity contribution in [3.05, 3.63) is 29.8 Å². The lowest BCUT2D eigenvalue weighted by Crippen LogP contribution is -2.40. The highest BCUT2D eigenvalue weighted by molar-refractivity contribution is 5.99. The summed E-state index contributed by atoms with van der Waals surface area (Å²) in [6.45, 7) is 5.79. The third kappa shape index (κ3) is 6.98. The van der Waals surface area contributed by atoms with Gasteiger partial charge in [-0.25, -0.2) is 0 Å². The summed E-state index contributed by atoms with van der Waals surface area (Å²) in [6.07, 6.45) is 0. The number of hydrogen-bond acceptors (Lipinski definition) is 3. The van der Waals surface area contributed by atoms with E-state index in [4.69, 9.17) is 5.73 Å². The highest BCUT2D eigenvalue weighted by atomic mass is 35.5. The Hall–Kier alpha value is -0.970. The highest BCUT2D eigenvalue weighted by Gasteiger charge is 2.20. The summed E-state index contributed by atoms with van der Waals surface area (Å²) in [6, 6.07) is 7.11. The van der Waals surface area contributed by atoms with Gasteiger partial charge in [0, 0.05) is 18.8 Å². The molecule has 0 atom stereocenters. The number of nitrogens with zero attached hydrogens (tertiary/aromatic N) is 1. The lowest BCUT2D eigenvalue weighted by molar-refractivity contribution is 0.0930. The molecule has 1 aromatic carbocycles. The Balaban J connectivity index is 0. The second-order valence-electron chi connectivity index (χ2n) is 5.67. The SMILES string of the molecule is CN(C)CC(C)(C)CNC(=O)c1ccccc1N.Cl.Cl. The molecule has 0 aliphatic rings. The van der Waals surface area contributed by atoms with Crippen LogP contribution in [-0.2, 0) is 0 Å². The van der Waals surface area contributed by atoms with Gasteiger partial charge >= 0.3 is 0 Å². The molecule has 0 bridgehead atoms. The van der Waals surface area contributed by atoms with Crippen molar-refractivity contribution in [3.63, 3.8) is 0 Å². The summed E-state index contributed by atoms with van der Waals surface area (Å²) in [4.78, 5) is 14.1. The first-order valence-electron chi connectivity index (χ1n) is 6.09. The van der Waals surface area contributed by atoms with Crippen LogP contribution in [-0.4, -0.2) is 38.0 Å². The van der Waals surface area contributed by atoms with E-state index < -0.39 is 0 Å². The zero-order chi connectivity index (χ0) is 13.8. The number of benzene rings is 1. The minimum atomic E-state index is -0.111. The molecule has 0 unspecified atom stereocenters. The maximum Gasteiger partial charge on any atom is 0.253 e. The maximum absolute atomic E-state index is 12.0. The predicted molar refractivity (Wildman–Crippen MR) is 90.0 cm³/mol. The predicted octanol–water partition coefficient (Wildman–Crippen LogP) is 2.43. The van der Waals surface area contributed by atoms with E-state index in [-0.39, 0.29) is 36.1 Å². The van der Waals surface area contributed by atoms with E-state index in [1.54, 1.807) is 12.1 Å². The summed E-state index contributed by atoms with van der Waals surface area (Å²) < 4.78 is 0. The van der Waals surface area contributed by atoms with E-state index in [9.17, 15) is 4.79 Å². The van der Waals surface area contributed by atoms with Crippen molar-refractivity contribution < 1.29 is 4.79 Å². The summed E-state index contributed by atoms with van der Waals surface area (Å²) in [7, 11) is 4.05. The van der Waals surface area contributed by atoms with E-state index in [2.05, 4.69) is 24.1 Å². The third-order valence-electron chi connectivity index (χ3n) is 2.68. The Bertz CT molecular complexity index is 423. The average molecular weight is 322 g/mol. The molecule has 116 valence electrons. The molecule has 0 aromatic heterocycles. The standard InChI is InChI=1S/C14H23N3O.2ClH/c1-14(2,10-17(3)4)9-16-13(18)11-7-5-6-8-12(11)15;;/h5-8H,9-10,15H2,1-4H3,(H,16,18);2*1H. The lowest BCUT2D eigenvalue weighted by Gasteiger charge is -2.28. The number of rotatable bonds is 5. The van der Waals surface area contributed by atoms with Crippen molar-refractivity contribution in [1.82, 2.24) is 10.2 Å². The fourth-order valence-corrected chi connectivity index (χ4v) is 2.03. The van der Waals surface area contributed by atoms with Gasteiger partial charge in [0.15, 0.2) is 0 Å². The summed E-state index contributed by atoms with van der Waals surface area (Å²) in [5.74, 6) is -0.111. The second kappa shape index (κ2) is 9.06. The molecule has 0 saturated heterocycles. The number of halogens is 2. The van der Waals surface area contributed by atoms with Gasteiger partial charge in [-0.05, 0) is 31.6 Å². The maximum atomic E-state index is 12.0. The Kier molecular flexibility index (Phi) is 9.66. The van der Waals surface area contributed by atoms with E-state index >= 15 is 0 Å². The van der Waals surface area contributed by atoms with Gasteiger partial charge in [-0.3, -0.25) is 4.79 Å². The summed E-state index contributed by atoms with van der Waals surface area (Å²) in [5.41, 5.74) is 6.86. The summed E-state index contributed by atoms with van der Waals surface area (Å²) in [5, 5.41) is 2.94. The van der Waals surface area contributed by atoms with E-state index in [0.717, 1.165) is 6.54 Å². The molecule has 0 spiro atoms. The molecule has 3 N–H and O–H groups in total. The third-order valence-corrected chi connectivity index (χ3v) is 2.68. The van der Waals surface area contributed by atoms with Crippen molar-refractivity contribution in [2.24, 2.45) is 5.41 Å². The fourth-order valence-electron chi connectivity index (χ4n) is 2.03. The second-order valence-corrected chi connectivity index (χ2v) is 5.67. The van der Waals surface area contributed by atoms with E-state index in [0.29, 0.717) is 17.8 Å². The van der Waals surface area contributed by atoms with Crippen LogP contribution in [0.1, 0.15) is 24.2 Å². The topological polar surface area (TPSA) is 58.4 Å². The van der Waals surface area contributed by atoms with Gasteiger partial charge in [0.25, 0.3) is 5.91 Å². The number of anilines is 1. The van der Waals surface area contributed by atoms with Gasteiger partial charge in [0.2, 0.25) is 0 Å².